The number of hydrogen-bond acceptors (Lipinski definition) is 6. The molecular weight excluding hydrogens is 394 g/mol. The topological polar surface area (TPSA) is 81.1 Å². The van der Waals surface area contributed by atoms with Crippen molar-refractivity contribution in [1.82, 2.24) is 14.9 Å². The van der Waals surface area contributed by atoms with Crippen molar-refractivity contribution < 1.29 is 9.59 Å². The van der Waals surface area contributed by atoms with Crippen LogP contribution in [0.4, 0.5) is 0 Å². The summed E-state index contributed by atoms with van der Waals surface area (Å²) in [5, 5.41) is 3.47. The fraction of sp³-hybridized carbons (Fsp3) is 0.400. The maximum atomic E-state index is 12.7. The van der Waals surface area contributed by atoms with Gasteiger partial charge in [-0.2, -0.15) is 0 Å². The molecule has 0 aliphatic heterocycles. The second kappa shape index (κ2) is 7.60. The van der Waals surface area contributed by atoms with E-state index in [-0.39, 0.29) is 23.8 Å². The molecule has 0 spiro atoms. The lowest BCUT2D eigenvalue weighted by Crippen LogP contribution is -2.34. The molecular formula is C20H23N3O3S2. The van der Waals surface area contributed by atoms with Crippen molar-refractivity contribution in [2.24, 2.45) is 5.41 Å². The number of aromatic nitrogens is 2. The monoisotopic (exact) mass is 417 g/mol. The predicted octanol–water partition coefficient (Wildman–Crippen LogP) is 3.68. The summed E-state index contributed by atoms with van der Waals surface area (Å²) in [6.07, 6.45) is 1.44. The van der Waals surface area contributed by atoms with E-state index in [4.69, 9.17) is 0 Å². The van der Waals surface area contributed by atoms with Crippen LogP contribution in [0.5, 0.6) is 0 Å². The summed E-state index contributed by atoms with van der Waals surface area (Å²) in [5.74, 6) is -0.188. The number of carbonyl (C=O) groups excluding carboxylic acids is 2. The van der Waals surface area contributed by atoms with E-state index in [9.17, 15) is 14.4 Å². The van der Waals surface area contributed by atoms with E-state index in [1.807, 2.05) is 40.7 Å². The number of hydrogen-bond donors (Lipinski definition) is 1. The molecule has 0 aliphatic rings. The van der Waals surface area contributed by atoms with Crippen molar-refractivity contribution >= 4 is 44.6 Å². The Bertz CT molecular complexity index is 1120. The number of amides is 1. The summed E-state index contributed by atoms with van der Waals surface area (Å²) in [5.41, 5.74) is 0.280. The lowest BCUT2D eigenvalue weighted by Gasteiger charge is -2.17. The first-order valence-corrected chi connectivity index (χ1v) is 10.6. The summed E-state index contributed by atoms with van der Waals surface area (Å²) in [7, 11) is 0. The van der Waals surface area contributed by atoms with Crippen LogP contribution < -0.4 is 10.9 Å². The highest BCUT2D eigenvalue weighted by Gasteiger charge is 2.21. The van der Waals surface area contributed by atoms with E-state index in [1.54, 1.807) is 6.07 Å². The number of carbonyl (C=O) groups is 2. The van der Waals surface area contributed by atoms with E-state index < -0.39 is 5.41 Å². The Hall–Kier alpha value is -2.32. The molecule has 6 nitrogen and oxygen atoms in total. The number of thiophene rings is 2. The standard InChI is InChI=1S/C20H23N3O3S2/c1-11-12(2)27-17-16(11)18(25)23(10-22-17)9-14(24)15-7-6-13(28-15)8-21-19(26)20(3,4)5/h6-7,10H,8-9H2,1-5H3,(H,21,26). The van der Waals surface area contributed by atoms with Crippen molar-refractivity contribution in [2.45, 2.75) is 47.7 Å². The molecule has 1 N–H and O–H groups in total. The molecule has 0 fully saturated rings. The molecule has 0 unspecified atom stereocenters. The Balaban J connectivity index is 1.74. The second-order valence-corrected chi connectivity index (χ2v) is 10.1. The largest absolute Gasteiger partial charge is 0.351 e. The minimum absolute atomic E-state index is 0.0406. The number of aryl methyl sites for hydroxylation is 2. The van der Waals surface area contributed by atoms with Gasteiger partial charge in [-0.15, -0.1) is 22.7 Å². The average molecular weight is 418 g/mol. The van der Waals surface area contributed by atoms with Gasteiger partial charge in [0.15, 0.2) is 5.78 Å². The summed E-state index contributed by atoms with van der Waals surface area (Å²) < 4.78 is 1.37. The highest BCUT2D eigenvalue weighted by Crippen LogP contribution is 2.25. The average Bonchev–Trinajstić information content (AvgIpc) is 3.20. The SMILES string of the molecule is Cc1sc2ncn(CC(=O)c3ccc(CNC(=O)C(C)(C)C)s3)c(=O)c2c1C. The maximum absolute atomic E-state index is 12.7. The number of nitrogens with zero attached hydrogens (tertiary/aromatic N) is 2. The van der Waals surface area contributed by atoms with Crippen LogP contribution in [0.25, 0.3) is 10.2 Å². The lowest BCUT2D eigenvalue weighted by molar-refractivity contribution is -0.128. The maximum Gasteiger partial charge on any atom is 0.262 e. The summed E-state index contributed by atoms with van der Waals surface area (Å²) in [4.78, 5) is 44.9. The van der Waals surface area contributed by atoms with Crippen molar-refractivity contribution in [3.63, 3.8) is 0 Å². The summed E-state index contributed by atoms with van der Waals surface area (Å²) in [6.45, 7) is 9.75. The first kappa shape index (κ1) is 20.4. The Morgan fingerprint density at radius 2 is 1.89 bits per heavy atom. The van der Waals surface area contributed by atoms with Crippen LogP contribution in [-0.4, -0.2) is 21.2 Å². The zero-order valence-electron chi connectivity index (χ0n) is 16.6. The van der Waals surface area contributed by atoms with Gasteiger partial charge in [-0.3, -0.25) is 19.0 Å². The quantitative estimate of drug-likeness (QED) is 0.642. The second-order valence-electron chi connectivity index (χ2n) is 7.76. The molecule has 28 heavy (non-hydrogen) atoms. The van der Waals surface area contributed by atoms with Crippen molar-refractivity contribution in [3.05, 3.63) is 49.0 Å². The van der Waals surface area contributed by atoms with Crippen LogP contribution in [0.1, 0.15) is 45.8 Å². The first-order chi connectivity index (χ1) is 13.1. The van der Waals surface area contributed by atoms with Crippen LogP contribution in [-0.2, 0) is 17.9 Å². The number of ketones is 1. The first-order valence-electron chi connectivity index (χ1n) is 8.93. The molecule has 0 saturated heterocycles. The van der Waals surface area contributed by atoms with Crippen LogP contribution >= 0.6 is 22.7 Å². The van der Waals surface area contributed by atoms with Crippen molar-refractivity contribution in [2.75, 3.05) is 0 Å². The van der Waals surface area contributed by atoms with E-state index in [0.29, 0.717) is 21.6 Å². The third-order valence-electron chi connectivity index (χ3n) is 4.51. The molecule has 3 aromatic heterocycles. The Morgan fingerprint density at radius 1 is 1.18 bits per heavy atom. The van der Waals surface area contributed by atoms with Crippen LogP contribution in [0.15, 0.2) is 23.3 Å². The molecule has 0 bridgehead atoms. The normalized spacial score (nSPS) is 11.8. The van der Waals surface area contributed by atoms with Gasteiger partial charge in [-0.1, -0.05) is 20.8 Å². The van der Waals surface area contributed by atoms with Crippen LogP contribution in [0.2, 0.25) is 0 Å². The van der Waals surface area contributed by atoms with Gasteiger partial charge >= 0.3 is 0 Å². The molecule has 8 heteroatoms. The zero-order valence-corrected chi connectivity index (χ0v) is 18.2. The fourth-order valence-electron chi connectivity index (χ4n) is 2.67. The minimum atomic E-state index is -0.457. The summed E-state index contributed by atoms with van der Waals surface area (Å²) in [6, 6.07) is 3.57. The molecule has 0 atom stereocenters. The Labute approximate surface area is 171 Å². The van der Waals surface area contributed by atoms with Gasteiger partial charge in [0.1, 0.15) is 4.83 Å². The lowest BCUT2D eigenvalue weighted by atomic mass is 9.96. The van der Waals surface area contributed by atoms with E-state index in [1.165, 1.54) is 33.6 Å². The molecule has 3 heterocycles. The highest BCUT2D eigenvalue weighted by molar-refractivity contribution is 7.18. The van der Waals surface area contributed by atoms with E-state index in [2.05, 4.69) is 10.3 Å². The number of Topliss-reactive ketones (excluding diaryl/α,β-unsaturated/α-hetero) is 1. The molecule has 0 saturated carbocycles. The van der Waals surface area contributed by atoms with Gasteiger partial charge in [-0.05, 0) is 31.5 Å². The van der Waals surface area contributed by atoms with Gasteiger partial charge in [0.05, 0.1) is 29.7 Å². The molecule has 148 valence electrons. The third-order valence-corrected chi connectivity index (χ3v) is 6.75. The number of nitrogens with one attached hydrogen (secondary N) is 1. The Morgan fingerprint density at radius 3 is 2.57 bits per heavy atom. The zero-order chi connectivity index (χ0) is 20.6. The van der Waals surface area contributed by atoms with Gasteiger partial charge < -0.3 is 5.32 Å². The van der Waals surface area contributed by atoms with Gasteiger partial charge in [0.25, 0.3) is 5.56 Å². The van der Waals surface area contributed by atoms with Gasteiger partial charge in [-0.25, -0.2) is 4.98 Å². The van der Waals surface area contributed by atoms with E-state index >= 15 is 0 Å². The Kier molecular flexibility index (Phi) is 5.54. The molecule has 3 aromatic rings. The van der Waals surface area contributed by atoms with Crippen molar-refractivity contribution in [3.8, 4) is 0 Å². The van der Waals surface area contributed by atoms with Crippen molar-refractivity contribution in [1.29, 1.82) is 0 Å². The smallest absolute Gasteiger partial charge is 0.262 e. The summed E-state index contributed by atoms with van der Waals surface area (Å²) >= 11 is 2.82. The molecule has 0 aliphatic carbocycles. The van der Waals surface area contributed by atoms with Gasteiger partial charge in [0, 0.05) is 15.2 Å². The van der Waals surface area contributed by atoms with Gasteiger partial charge in [0.2, 0.25) is 5.91 Å². The number of fused-ring (bicyclic) bond motifs is 1. The highest BCUT2D eigenvalue weighted by atomic mass is 32.1. The number of rotatable bonds is 5. The molecule has 0 radical (unpaired) electrons. The van der Waals surface area contributed by atoms with Crippen LogP contribution in [0.3, 0.4) is 0 Å². The minimum Gasteiger partial charge on any atom is -0.351 e. The molecule has 3 rings (SSSR count). The van der Waals surface area contributed by atoms with E-state index in [0.717, 1.165) is 15.3 Å². The predicted molar refractivity (Wildman–Crippen MR) is 113 cm³/mol. The third kappa shape index (κ3) is 4.07. The fourth-order valence-corrected chi connectivity index (χ4v) is 4.54. The molecule has 1 amide bonds. The van der Waals surface area contributed by atoms with Crippen LogP contribution in [0, 0.1) is 19.3 Å². The molecule has 0 aromatic carbocycles.